The molecule has 5 amide bonds. The first-order valence-corrected chi connectivity index (χ1v) is 11.5. The van der Waals surface area contributed by atoms with Crippen molar-refractivity contribution in [3.63, 3.8) is 0 Å². The van der Waals surface area contributed by atoms with Gasteiger partial charge < -0.3 is 21.2 Å². The van der Waals surface area contributed by atoms with Gasteiger partial charge in [0, 0.05) is 52.2 Å². The fourth-order valence-corrected chi connectivity index (χ4v) is 4.22. The zero-order valence-electron chi connectivity index (χ0n) is 18.4. The van der Waals surface area contributed by atoms with Crippen molar-refractivity contribution in [3.05, 3.63) is 5.73 Å². The summed E-state index contributed by atoms with van der Waals surface area (Å²) in [6.45, 7) is 5.86. The number of nitrogens with zero attached hydrogens (tertiary/aromatic N) is 1. The molecule has 1 unspecified atom stereocenters. The molecule has 0 aromatic rings. The molecule has 3 N–H and O–H groups in total. The van der Waals surface area contributed by atoms with Gasteiger partial charge in [-0.1, -0.05) is 32.1 Å². The molecule has 1 radical (unpaired) electrons. The van der Waals surface area contributed by atoms with E-state index in [1.54, 1.807) is 11.8 Å². The van der Waals surface area contributed by atoms with Crippen LogP contribution in [0.2, 0.25) is 0 Å². The first-order valence-electron chi connectivity index (χ1n) is 10.5. The number of amides is 5. The van der Waals surface area contributed by atoms with Crippen molar-refractivity contribution in [1.29, 1.82) is 0 Å². The smallest absolute Gasteiger partial charge is 0.315 e. The largest absolute Gasteiger partial charge is 0.666 e. The van der Waals surface area contributed by atoms with E-state index in [2.05, 4.69) is 10.6 Å². The quantitative estimate of drug-likeness (QED) is 0.271. The minimum atomic E-state index is -1.17. The van der Waals surface area contributed by atoms with Crippen molar-refractivity contribution in [2.75, 3.05) is 18.8 Å². The van der Waals surface area contributed by atoms with Gasteiger partial charge in [0.1, 0.15) is 0 Å². The van der Waals surface area contributed by atoms with E-state index in [4.69, 9.17) is 5.73 Å². The minimum absolute atomic E-state index is 0. The van der Waals surface area contributed by atoms with Gasteiger partial charge in [-0.25, -0.2) is 4.79 Å². The Morgan fingerprint density at radius 1 is 1.10 bits per heavy atom. The molecule has 0 aromatic carbocycles. The van der Waals surface area contributed by atoms with Gasteiger partial charge >= 0.3 is 6.03 Å². The number of hydrogen-bond donors (Lipinski definition) is 2. The minimum Gasteiger partial charge on any atom is -0.666 e. The first-order chi connectivity index (χ1) is 13.7. The SMILES string of the molecule is CCN1C(=O)CC(SCCCCCCCCCNC(=O)NC(C)(C)C([NH-])=O)C1=O.[Y]. The van der Waals surface area contributed by atoms with Crippen LogP contribution in [0.15, 0.2) is 0 Å². The van der Waals surface area contributed by atoms with Crippen LogP contribution in [0.3, 0.4) is 0 Å². The van der Waals surface area contributed by atoms with Crippen LogP contribution < -0.4 is 10.6 Å². The molecule has 1 aliphatic rings. The number of hydrogen-bond acceptors (Lipinski definition) is 5. The van der Waals surface area contributed by atoms with Gasteiger partial charge in [-0.2, -0.15) is 0 Å². The number of urea groups is 1. The Morgan fingerprint density at radius 3 is 2.20 bits per heavy atom. The summed E-state index contributed by atoms with van der Waals surface area (Å²) in [7, 11) is 0. The van der Waals surface area contributed by atoms with Crippen LogP contribution in [-0.4, -0.2) is 58.3 Å². The normalized spacial score (nSPS) is 16.4. The van der Waals surface area contributed by atoms with Gasteiger partial charge in [0.05, 0.1) is 16.7 Å². The number of likely N-dealkylation sites (tertiary alicyclic amines) is 1. The fourth-order valence-electron chi connectivity index (χ4n) is 3.04. The summed E-state index contributed by atoms with van der Waals surface area (Å²) in [4.78, 5) is 47.8. The number of nitrogens with one attached hydrogen (secondary N) is 3. The zero-order chi connectivity index (χ0) is 21.9. The van der Waals surface area contributed by atoms with Gasteiger partial charge in [0.15, 0.2) is 0 Å². The summed E-state index contributed by atoms with van der Waals surface area (Å²) in [6, 6.07) is -0.419. The molecule has 0 aliphatic carbocycles. The third-order valence-corrected chi connectivity index (χ3v) is 6.23. The van der Waals surface area contributed by atoms with E-state index < -0.39 is 17.5 Å². The van der Waals surface area contributed by atoms with Gasteiger partial charge in [-0.05, 0) is 39.4 Å². The Labute approximate surface area is 209 Å². The molecule has 0 bridgehead atoms. The summed E-state index contributed by atoms with van der Waals surface area (Å²) < 4.78 is 0. The van der Waals surface area contributed by atoms with Gasteiger partial charge in [0.25, 0.3) is 0 Å². The number of carbonyl (C=O) groups excluding carboxylic acids is 4. The molecule has 1 saturated heterocycles. The van der Waals surface area contributed by atoms with E-state index in [1.807, 2.05) is 6.92 Å². The van der Waals surface area contributed by atoms with E-state index >= 15 is 0 Å². The standard InChI is InChI=1S/C20H36N4O4S.Y/c1-4-24-16(25)14-15(17(24)26)29-13-11-9-7-5-6-8-10-12-22-19(28)23-20(2,3)18(21)27;/h15H,4-14H2,1-3H3,(H4,21,22,23,27,28);/p-1. The molecular weight excluding hydrogens is 481 g/mol. The molecule has 0 spiro atoms. The summed E-state index contributed by atoms with van der Waals surface area (Å²) in [5.41, 5.74) is 5.92. The number of thioether (sulfide) groups is 1. The topological polar surface area (TPSA) is 119 Å². The van der Waals surface area contributed by atoms with Crippen LogP contribution in [-0.2, 0) is 47.1 Å². The molecule has 1 fully saturated rings. The second-order valence-corrected chi connectivity index (χ2v) is 9.16. The van der Waals surface area contributed by atoms with Crippen molar-refractivity contribution in [1.82, 2.24) is 15.5 Å². The van der Waals surface area contributed by atoms with Crippen molar-refractivity contribution >= 4 is 35.5 Å². The average molecular weight is 516 g/mol. The van der Waals surface area contributed by atoms with E-state index in [1.165, 1.54) is 18.7 Å². The summed E-state index contributed by atoms with van der Waals surface area (Å²) >= 11 is 1.61. The van der Waals surface area contributed by atoms with Crippen molar-refractivity contribution < 1.29 is 51.9 Å². The molecule has 1 rings (SSSR count). The predicted molar refractivity (Wildman–Crippen MR) is 116 cm³/mol. The van der Waals surface area contributed by atoms with Crippen LogP contribution in [0.25, 0.3) is 5.73 Å². The maximum absolute atomic E-state index is 12.0. The van der Waals surface area contributed by atoms with E-state index in [9.17, 15) is 19.2 Å². The second-order valence-electron chi connectivity index (χ2n) is 7.85. The third-order valence-electron chi connectivity index (χ3n) is 4.94. The number of unbranched alkanes of at least 4 members (excludes halogenated alkanes) is 6. The molecule has 169 valence electrons. The summed E-state index contributed by atoms with van der Waals surface area (Å²) in [6.07, 6.45) is 7.83. The fraction of sp³-hybridized carbons (Fsp3) is 0.800. The van der Waals surface area contributed by atoms with E-state index in [-0.39, 0.29) is 49.8 Å². The molecule has 1 atom stereocenters. The van der Waals surface area contributed by atoms with Crippen LogP contribution >= 0.6 is 11.8 Å². The van der Waals surface area contributed by atoms with Gasteiger partial charge in [-0.3, -0.25) is 14.5 Å². The molecule has 1 heterocycles. The van der Waals surface area contributed by atoms with Crippen LogP contribution in [0, 0.1) is 0 Å². The Kier molecular flexibility index (Phi) is 14.9. The number of imide groups is 1. The van der Waals surface area contributed by atoms with Gasteiger partial charge in [0.2, 0.25) is 11.8 Å². The second kappa shape index (κ2) is 15.2. The van der Waals surface area contributed by atoms with Crippen molar-refractivity contribution in [2.45, 2.75) is 82.9 Å². The number of carbonyl (C=O) groups is 4. The van der Waals surface area contributed by atoms with Crippen molar-refractivity contribution in [2.24, 2.45) is 0 Å². The molecule has 1 aliphatic heterocycles. The summed E-state index contributed by atoms with van der Waals surface area (Å²) in [5, 5.41) is 5.01. The van der Waals surface area contributed by atoms with Gasteiger partial charge in [-0.15, -0.1) is 11.8 Å². The van der Waals surface area contributed by atoms with Crippen molar-refractivity contribution in [3.8, 4) is 0 Å². The van der Waals surface area contributed by atoms with Crippen LogP contribution in [0.4, 0.5) is 4.79 Å². The first kappa shape index (κ1) is 29.3. The molecule has 0 saturated carbocycles. The monoisotopic (exact) mass is 516 g/mol. The number of rotatable bonds is 14. The van der Waals surface area contributed by atoms with E-state index in [0.717, 1.165) is 50.7 Å². The molecular formula is C20H35N4O4SY-. The molecule has 10 heteroatoms. The molecule has 8 nitrogen and oxygen atoms in total. The average Bonchev–Trinajstić information content (AvgIpc) is 2.91. The molecule has 30 heavy (non-hydrogen) atoms. The zero-order valence-corrected chi connectivity index (χ0v) is 22.1. The molecule has 0 aromatic heterocycles. The van der Waals surface area contributed by atoms with Crippen LogP contribution in [0.1, 0.15) is 72.1 Å². The van der Waals surface area contributed by atoms with Crippen LogP contribution in [0.5, 0.6) is 0 Å². The van der Waals surface area contributed by atoms with E-state index in [0.29, 0.717) is 19.5 Å². The Bertz CT molecular complexity index is 589. The Balaban J connectivity index is 0.00000841. The Morgan fingerprint density at radius 2 is 1.67 bits per heavy atom. The Hall–Kier alpha value is -0.666. The third kappa shape index (κ3) is 10.6. The predicted octanol–water partition coefficient (Wildman–Crippen LogP) is 3.25. The summed E-state index contributed by atoms with van der Waals surface area (Å²) in [5.74, 6) is 0.0183. The maximum atomic E-state index is 12.0. The maximum Gasteiger partial charge on any atom is 0.315 e.